The Kier molecular flexibility index (Phi) is 6.08. The van der Waals surface area contributed by atoms with Crippen molar-refractivity contribution in [1.29, 1.82) is 5.26 Å². The fourth-order valence-electron chi connectivity index (χ4n) is 2.79. The van der Waals surface area contributed by atoms with Gasteiger partial charge < -0.3 is 14.2 Å². The number of hydrogen-bond acceptors (Lipinski definition) is 4. The van der Waals surface area contributed by atoms with Crippen LogP contribution < -0.4 is 14.2 Å². The Balaban J connectivity index is 2.35. The first-order valence-corrected chi connectivity index (χ1v) is 7.94. The molecule has 0 N–H and O–H groups in total. The van der Waals surface area contributed by atoms with E-state index in [1.807, 2.05) is 30.3 Å². The average molecular weight is 325 g/mol. The van der Waals surface area contributed by atoms with Gasteiger partial charge in [-0.2, -0.15) is 5.26 Å². The molecule has 4 heteroatoms. The van der Waals surface area contributed by atoms with Crippen molar-refractivity contribution < 1.29 is 14.2 Å². The van der Waals surface area contributed by atoms with Gasteiger partial charge in [0.15, 0.2) is 0 Å². The number of nitriles is 1. The molecule has 4 nitrogen and oxygen atoms in total. The molecule has 0 bridgehead atoms. The molecule has 126 valence electrons. The molecule has 0 aliphatic heterocycles. The van der Waals surface area contributed by atoms with Gasteiger partial charge in [0.2, 0.25) is 0 Å². The maximum absolute atomic E-state index is 9.67. The average Bonchev–Trinajstić information content (AvgIpc) is 2.65. The highest BCUT2D eigenvalue weighted by Crippen LogP contribution is 2.31. The molecular formula is C20H23NO3. The second-order valence-corrected chi connectivity index (χ2v) is 5.49. The molecule has 0 radical (unpaired) electrons. The second-order valence-electron chi connectivity index (χ2n) is 5.49. The summed E-state index contributed by atoms with van der Waals surface area (Å²) in [6.45, 7) is 2.08. The molecule has 0 fully saturated rings. The third kappa shape index (κ3) is 3.80. The summed E-state index contributed by atoms with van der Waals surface area (Å²) in [7, 11) is 4.93. The van der Waals surface area contributed by atoms with Gasteiger partial charge in [-0.25, -0.2) is 0 Å². The number of aryl methyl sites for hydroxylation is 1. The molecule has 24 heavy (non-hydrogen) atoms. The van der Waals surface area contributed by atoms with Crippen LogP contribution in [0.1, 0.15) is 29.5 Å². The number of hydrogen-bond donors (Lipinski definition) is 0. The van der Waals surface area contributed by atoms with Crippen molar-refractivity contribution in [2.75, 3.05) is 21.3 Å². The van der Waals surface area contributed by atoms with E-state index in [2.05, 4.69) is 19.1 Å². The van der Waals surface area contributed by atoms with Crippen molar-refractivity contribution in [3.8, 4) is 23.3 Å². The van der Waals surface area contributed by atoms with Gasteiger partial charge in [-0.1, -0.05) is 19.1 Å². The predicted octanol–water partition coefficient (Wildman–Crippen LogP) is 4.12. The summed E-state index contributed by atoms with van der Waals surface area (Å²) < 4.78 is 16.1. The van der Waals surface area contributed by atoms with E-state index in [4.69, 9.17) is 14.2 Å². The van der Waals surface area contributed by atoms with E-state index >= 15 is 0 Å². The van der Waals surface area contributed by atoms with E-state index in [0.29, 0.717) is 6.42 Å². The maximum Gasteiger partial charge on any atom is 0.122 e. The lowest BCUT2D eigenvalue weighted by atomic mass is 9.91. The molecule has 0 aromatic heterocycles. The topological polar surface area (TPSA) is 51.5 Å². The third-order valence-corrected chi connectivity index (χ3v) is 4.16. The van der Waals surface area contributed by atoms with Gasteiger partial charge in [0.1, 0.15) is 17.2 Å². The number of nitrogens with zero attached hydrogens (tertiary/aromatic N) is 1. The van der Waals surface area contributed by atoms with Gasteiger partial charge in [0.05, 0.1) is 33.3 Å². The predicted molar refractivity (Wildman–Crippen MR) is 94.0 cm³/mol. The van der Waals surface area contributed by atoms with Crippen LogP contribution in [0, 0.1) is 11.3 Å². The Morgan fingerprint density at radius 2 is 1.58 bits per heavy atom. The normalized spacial score (nSPS) is 11.5. The summed E-state index contributed by atoms with van der Waals surface area (Å²) in [5.41, 5.74) is 3.05. The van der Waals surface area contributed by atoms with Crippen LogP contribution in [0.15, 0.2) is 36.4 Å². The standard InChI is InChI=1S/C20H23NO3/c1-5-14-10-15(6-8-19(14)23-3)17(13-21)11-16-12-18(22-2)7-9-20(16)24-4/h6-10,12,17H,5,11H2,1-4H3. The van der Waals surface area contributed by atoms with Crippen molar-refractivity contribution in [1.82, 2.24) is 0 Å². The van der Waals surface area contributed by atoms with Crippen molar-refractivity contribution in [3.05, 3.63) is 53.1 Å². The Morgan fingerprint density at radius 1 is 0.917 bits per heavy atom. The van der Waals surface area contributed by atoms with Crippen LogP contribution >= 0.6 is 0 Å². The van der Waals surface area contributed by atoms with Crippen molar-refractivity contribution in [3.63, 3.8) is 0 Å². The summed E-state index contributed by atoms with van der Waals surface area (Å²) in [6.07, 6.45) is 1.42. The van der Waals surface area contributed by atoms with Crippen molar-refractivity contribution in [2.45, 2.75) is 25.7 Å². The first kappa shape index (κ1) is 17.7. The molecule has 1 unspecified atom stereocenters. The quantitative estimate of drug-likeness (QED) is 0.768. The van der Waals surface area contributed by atoms with E-state index in [-0.39, 0.29) is 5.92 Å². The van der Waals surface area contributed by atoms with Gasteiger partial charge in [0.25, 0.3) is 0 Å². The zero-order valence-corrected chi connectivity index (χ0v) is 14.6. The van der Waals surface area contributed by atoms with Gasteiger partial charge in [-0.05, 0) is 53.8 Å². The first-order valence-electron chi connectivity index (χ1n) is 7.94. The number of rotatable bonds is 7. The fourth-order valence-corrected chi connectivity index (χ4v) is 2.79. The smallest absolute Gasteiger partial charge is 0.122 e. The van der Waals surface area contributed by atoms with Gasteiger partial charge in [-0.3, -0.25) is 0 Å². The van der Waals surface area contributed by atoms with E-state index in [0.717, 1.165) is 40.4 Å². The maximum atomic E-state index is 9.67. The molecular weight excluding hydrogens is 302 g/mol. The Hall–Kier alpha value is -2.67. The second kappa shape index (κ2) is 8.26. The van der Waals surface area contributed by atoms with Crippen LogP contribution in [0.4, 0.5) is 0 Å². The van der Waals surface area contributed by atoms with E-state index in [1.165, 1.54) is 0 Å². The minimum atomic E-state index is -0.262. The monoisotopic (exact) mass is 325 g/mol. The molecule has 0 amide bonds. The van der Waals surface area contributed by atoms with E-state index in [9.17, 15) is 5.26 Å². The van der Waals surface area contributed by atoms with Gasteiger partial charge in [-0.15, -0.1) is 0 Å². The molecule has 0 aliphatic carbocycles. The Labute approximate surface area is 143 Å². The SMILES string of the molecule is CCc1cc(C(C#N)Cc2cc(OC)ccc2OC)ccc1OC. The summed E-state index contributed by atoms with van der Waals surface area (Å²) >= 11 is 0. The fraction of sp³-hybridized carbons (Fsp3) is 0.350. The van der Waals surface area contributed by atoms with E-state index in [1.54, 1.807) is 21.3 Å². The summed E-state index contributed by atoms with van der Waals surface area (Å²) in [5, 5.41) is 9.67. The molecule has 2 aromatic carbocycles. The van der Waals surface area contributed by atoms with Crippen LogP contribution in [0.3, 0.4) is 0 Å². The molecule has 0 spiro atoms. The van der Waals surface area contributed by atoms with Crippen LogP contribution in [0.25, 0.3) is 0 Å². The van der Waals surface area contributed by atoms with Gasteiger partial charge in [0, 0.05) is 0 Å². The van der Waals surface area contributed by atoms with Crippen LogP contribution in [-0.2, 0) is 12.8 Å². The minimum absolute atomic E-state index is 0.262. The lowest BCUT2D eigenvalue weighted by molar-refractivity contribution is 0.398. The Morgan fingerprint density at radius 3 is 2.17 bits per heavy atom. The number of methoxy groups -OCH3 is 3. The minimum Gasteiger partial charge on any atom is -0.497 e. The highest BCUT2D eigenvalue weighted by Gasteiger charge is 2.17. The molecule has 1 atom stereocenters. The number of benzene rings is 2. The third-order valence-electron chi connectivity index (χ3n) is 4.16. The molecule has 0 heterocycles. The zero-order chi connectivity index (χ0) is 17.5. The summed E-state index contributed by atoms with van der Waals surface area (Å²) in [6, 6.07) is 14.0. The lowest BCUT2D eigenvalue weighted by Gasteiger charge is -2.16. The van der Waals surface area contributed by atoms with Crippen molar-refractivity contribution in [2.24, 2.45) is 0 Å². The molecule has 0 aliphatic rings. The largest absolute Gasteiger partial charge is 0.497 e. The lowest BCUT2D eigenvalue weighted by Crippen LogP contribution is -2.04. The first-order chi connectivity index (χ1) is 11.7. The highest BCUT2D eigenvalue weighted by molar-refractivity contribution is 5.44. The van der Waals surface area contributed by atoms with E-state index < -0.39 is 0 Å². The van der Waals surface area contributed by atoms with Crippen LogP contribution in [0.2, 0.25) is 0 Å². The summed E-state index contributed by atoms with van der Waals surface area (Å²) in [4.78, 5) is 0. The number of ether oxygens (including phenoxy) is 3. The molecule has 0 saturated heterocycles. The molecule has 0 saturated carbocycles. The Bertz CT molecular complexity index is 734. The van der Waals surface area contributed by atoms with Crippen LogP contribution in [0.5, 0.6) is 17.2 Å². The van der Waals surface area contributed by atoms with Crippen molar-refractivity contribution >= 4 is 0 Å². The van der Waals surface area contributed by atoms with Crippen LogP contribution in [-0.4, -0.2) is 21.3 Å². The molecule has 2 rings (SSSR count). The summed E-state index contributed by atoms with van der Waals surface area (Å²) in [5.74, 6) is 2.12. The van der Waals surface area contributed by atoms with Gasteiger partial charge >= 0.3 is 0 Å². The highest BCUT2D eigenvalue weighted by atomic mass is 16.5. The molecule has 2 aromatic rings. The zero-order valence-electron chi connectivity index (χ0n) is 14.6.